The molecule has 3 rings (SSSR count). The third kappa shape index (κ3) is 5.06. The van der Waals surface area contributed by atoms with E-state index in [9.17, 15) is 0 Å². The molecule has 2 aromatic carbocycles. The minimum atomic E-state index is -0.330. The summed E-state index contributed by atoms with van der Waals surface area (Å²) in [6.45, 7) is 4.26. The van der Waals surface area contributed by atoms with Crippen molar-refractivity contribution < 1.29 is 24.3 Å². The normalized spacial score (nSPS) is 12.2. The van der Waals surface area contributed by atoms with Gasteiger partial charge >= 0.3 is 0 Å². The van der Waals surface area contributed by atoms with Crippen LogP contribution in [0.15, 0.2) is 41.4 Å². The minimum Gasteiger partial charge on any atom is -0.502 e. The first kappa shape index (κ1) is 21.6. The Labute approximate surface area is 176 Å². The molecule has 0 aliphatic carbocycles. The molecule has 1 heterocycles. The molecule has 30 heavy (non-hydrogen) atoms. The Morgan fingerprint density at radius 2 is 1.80 bits per heavy atom. The van der Waals surface area contributed by atoms with E-state index >= 15 is 0 Å². The first-order valence-electron chi connectivity index (χ1n) is 9.49. The molecule has 0 aromatic heterocycles. The number of aliphatic imine (C=N–C) groups is 1. The monoisotopic (exact) mass is 406 g/mol. The van der Waals surface area contributed by atoms with Crippen molar-refractivity contribution in [3.8, 4) is 12.3 Å². The molecule has 156 valence electrons. The molecular weight excluding hydrogens is 382 g/mol. The molecule has 0 saturated heterocycles. The van der Waals surface area contributed by atoms with Crippen LogP contribution in [0.4, 0.5) is 11.4 Å². The Morgan fingerprint density at radius 1 is 1.10 bits per heavy atom. The van der Waals surface area contributed by atoms with Gasteiger partial charge in [-0.25, -0.2) is 0 Å². The van der Waals surface area contributed by atoms with Crippen molar-refractivity contribution in [3.63, 3.8) is 0 Å². The van der Waals surface area contributed by atoms with Gasteiger partial charge < -0.3 is 34.6 Å². The van der Waals surface area contributed by atoms with Gasteiger partial charge in [-0.15, -0.1) is 12.5 Å². The van der Waals surface area contributed by atoms with Crippen LogP contribution in [0.3, 0.4) is 0 Å². The number of aliphatic hydroxyl groups excluding tert-OH is 2. The topological polar surface area (TPSA) is 88.4 Å². The summed E-state index contributed by atoms with van der Waals surface area (Å²) >= 11 is 0. The van der Waals surface area contributed by atoms with Crippen LogP contribution in [-0.2, 0) is 22.3 Å². The fraction of sp³-hybridized carbons (Fsp3) is 0.261. The van der Waals surface area contributed by atoms with Crippen molar-refractivity contribution in [1.29, 1.82) is 0 Å². The van der Waals surface area contributed by atoms with Crippen LogP contribution >= 0.6 is 0 Å². The molecule has 7 nitrogen and oxygen atoms in total. The fourth-order valence-corrected chi connectivity index (χ4v) is 3.24. The zero-order valence-electron chi connectivity index (χ0n) is 16.6. The van der Waals surface area contributed by atoms with Crippen LogP contribution in [0, 0.1) is 18.5 Å². The van der Waals surface area contributed by atoms with Gasteiger partial charge in [0.1, 0.15) is 13.6 Å². The average Bonchev–Trinajstić information content (AvgIpc) is 2.78. The highest BCUT2D eigenvalue weighted by Gasteiger charge is 2.15. The van der Waals surface area contributed by atoms with E-state index in [-0.39, 0.29) is 13.6 Å². The Balaban J connectivity index is 1.93. The smallest absolute Gasteiger partial charge is 0.143 e. The number of terminal acetylenes is 1. The van der Waals surface area contributed by atoms with E-state index < -0.39 is 0 Å². The van der Waals surface area contributed by atoms with Gasteiger partial charge in [-0.05, 0) is 31.0 Å². The van der Waals surface area contributed by atoms with Crippen molar-refractivity contribution in [2.45, 2.75) is 12.8 Å². The van der Waals surface area contributed by atoms with E-state index in [1.807, 2.05) is 36.4 Å². The Morgan fingerprint density at radius 3 is 2.47 bits per heavy atom. The van der Waals surface area contributed by atoms with Gasteiger partial charge in [0.2, 0.25) is 0 Å². The highest BCUT2D eigenvalue weighted by Crippen LogP contribution is 2.38. The van der Waals surface area contributed by atoms with Gasteiger partial charge in [0.15, 0.2) is 0 Å². The molecule has 2 aromatic rings. The average molecular weight is 406 g/mol. The zero-order chi connectivity index (χ0) is 21.3. The van der Waals surface area contributed by atoms with Crippen molar-refractivity contribution in [2.75, 3.05) is 26.8 Å². The first-order valence-corrected chi connectivity index (χ1v) is 9.49. The second kappa shape index (κ2) is 10.6. The highest BCUT2D eigenvalue weighted by atomic mass is 16.6. The SMILES string of the molecule is C#Cc1cccc([N+](=C)[C-]2N=C[N-]c3cc(CCOCO)c(CCOCO)cc32)c1. The van der Waals surface area contributed by atoms with E-state index in [2.05, 4.69) is 22.9 Å². The van der Waals surface area contributed by atoms with Gasteiger partial charge in [-0.2, -0.15) is 6.34 Å². The molecule has 0 spiro atoms. The van der Waals surface area contributed by atoms with Gasteiger partial charge in [0, 0.05) is 12.3 Å². The van der Waals surface area contributed by atoms with Crippen molar-refractivity contribution in [3.05, 3.63) is 70.1 Å². The van der Waals surface area contributed by atoms with Crippen LogP contribution in [0.2, 0.25) is 0 Å². The van der Waals surface area contributed by atoms with Gasteiger partial charge in [0.25, 0.3) is 0 Å². The number of aliphatic hydroxyl groups is 2. The van der Waals surface area contributed by atoms with Gasteiger partial charge in [-0.1, -0.05) is 40.4 Å². The van der Waals surface area contributed by atoms with E-state index in [1.54, 1.807) is 4.58 Å². The van der Waals surface area contributed by atoms with Crippen LogP contribution in [0.1, 0.15) is 22.3 Å². The van der Waals surface area contributed by atoms with Gasteiger partial charge in [0.05, 0.1) is 25.1 Å². The van der Waals surface area contributed by atoms with E-state index in [0.29, 0.717) is 32.2 Å². The lowest BCUT2D eigenvalue weighted by Crippen LogP contribution is -2.16. The third-order valence-electron chi connectivity index (χ3n) is 4.73. The quantitative estimate of drug-likeness (QED) is 0.159. The minimum absolute atomic E-state index is 0.323. The molecule has 0 saturated carbocycles. The number of hydrogen-bond acceptors (Lipinski definition) is 5. The summed E-state index contributed by atoms with van der Waals surface area (Å²) in [6, 6.07) is 11.5. The number of rotatable bonds is 10. The number of hydrogen-bond donors (Lipinski definition) is 2. The number of ether oxygens (including phenoxy) is 2. The molecule has 0 amide bonds. The highest BCUT2D eigenvalue weighted by molar-refractivity contribution is 5.89. The molecule has 0 atom stereocenters. The first-order chi connectivity index (χ1) is 14.7. The van der Waals surface area contributed by atoms with Crippen molar-refractivity contribution in [1.82, 2.24) is 0 Å². The molecule has 0 unspecified atom stereocenters. The van der Waals surface area contributed by atoms with Crippen molar-refractivity contribution in [2.24, 2.45) is 4.99 Å². The maximum Gasteiger partial charge on any atom is 0.143 e. The molecule has 1 aliphatic heterocycles. The summed E-state index contributed by atoms with van der Waals surface area (Å²) in [7, 11) is 0. The third-order valence-corrected chi connectivity index (χ3v) is 4.73. The molecule has 0 fully saturated rings. The number of fused-ring (bicyclic) bond motifs is 1. The second-order valence-electron chi connectivity index (χ2n) is 6.53. The van der Waals surface area contributed by atoms with Crippen LogP contribution in [0.5, 0.6) is 0 Å². The van der Waals surface area contributed by atoms with Crippen molar-refractivity contribution >= 4 is 24.4 Å². The summed E-state index contributed by atoms with van der Waals surface area (Å²) in [4.78, 5) is 4.45. The Hall–Kier alpha value is -3.15. The molecule has 7 heteroatoms. The maximum atomic E-state index is 8.93. The fourth-order valence-electron chi connectivity index (χ4n) is 3.24. The summed E-state index contributed by atoms with van der Waals surface area (Å²) in [5.41, 5.74) is 5.24. The second-order valence-corrected chi connectivity index (χ2v) is 6.53. The van der Waals surface area contributed by atoms with Crippen LogP contribution < -0.4 is 0 Å². The molecule has 2 N–H and O–H groups in total. The summed E-state index contributed by atoms with van der Waals surface area (Å²) in [5.74, 6) is 2.63. The summed E-state index contributed by atoms with van der Waals surface area (Å²) in [6.07, 6.45) is 8.89. The molecule has 0 bridgehead atoms. The molecule has 1 aliphatic rings. The predicted octanol–water partition coefficient (Wildman–Crippen LogP) is 2.62. The van der Waals surface area contributed by atoms with E-state index in [4.69, 9.17) is 26.1 Å². The van der Waals surface area contributed by atoms with Crippen LogP contribution in [0.25, 0.3) is 5.32 Å². The largest absolute Gasteiger partial charge is 0.502 e. The predicted molar refractivity (Wildman–Crippen MR) is 115 cm³/mol. The van der Waals surface area contributed by atoms with E-state index in [1.165, 1.54) is 6.34 Å². The zero-order valence-corrected chi connectivity index (χ0v) is 16.6. The Bertz CT molecular complexity index is 965. The van der Waals surface area contributed by atoms with Gasteiger partial charge in [-0.3, -0.25) is 0 Å². The standard InChI is InChI=1S/C23H24N3O4/c1-3-17-5-4-6-20(11-17)26(2)23-21-12-18(7-9-29-15-27)19(8-10-30-16-28)13-22(21)24-14-25-23/h1,4-6,11-14,27-28H,2,7-10,15-16H2/q-1. The van der Waals surface area contributed by atoms with Crippen LogP contribution in [-0.4, -0.2) is 54.6 Å². The number of nitrogens with zero attached hydrogens (tertiary/aromatic N) is 3. The van der Waals surface area contributed by atoms with E-state index in [0.717, 1.165) is 33.6 Å². The summed E-state index contributed by atoms with van der Waals surface area (Å²) in [5, 5.41) is 22.2. The number of benzene rings is 2. The molecule has 0 radical (unpaired) electrons. The Kier molecular flexibility index (Phi) is 7.60. The lowest BCUT2D eigenvalue weighted by molar-refractivity contribution is -0.408. The summed E-state index contributed by atoms with van der Waals surface area (Å²) < 4.78 is 11.9. The maximum absolute atomic E-state index is 8.93. The lowest BCUT2D eigenvalue weighted by Gasteiger charge is -2.36. The lowest BCUT2D eigenvalue weighted by atomic mass is 9.95. The molecular formula is C23H24N3O4-.